The largest absolute Gasteiger partial charge is 0.507 e. The standard InChI is InChI=1S/C32H46N4O2/c1-23(2)33-35-29(27-19-17-25(5)21-31(27)37)15-13-11-9-7-8-10-12-14-16-30(36-34-24(3)4)28-20-18-26(6)22-32(28)38/h17-22,37-38H,7-16H2,1-6H3/b35-29-,36-30-. The van der Waals surface area contributed by atoms with Gasteiger partial charge in [-0.05, 0) is 103 Å². The monoisotopic (exact) mass is 518 g/mol. The van der Waals surface area contributed by atoms with E-state index in [-0.39, 0.29) is 11.5 Å². The molecule has 0 saturated carbocycles. The van der Waals surface area contributed by atoms with Crippen molar-refractivity contribution < 1.29 is 10.2 Å². The van der Waals surface area contributed by atoms with Gasteiger partial charge >= 0.3 is 0 Å². The quantitative estimate of drug-likeness (QED) is 0.140. The van der Waals surface area contributed by atoms with Crippen LogP contribution in [0.1, 0.15) is 114 Å². The van der Waals surface area contributed by atoms with Gasteiger partial charge in [-0.2, -0.15) is 20.4 Å². The smallest absolute Gasteiger partial charge is 0.124 e. The van der Waals surface area contributed by atoms with Gasteiger partial charge in [-0.1, -0.05) is 50.7 Å². The van der Waals surface area contributed by atoms with Gasteiger partial charge in [0, 0.05) is 22.6 Å². The van der Waals surface area contributed by atoms with E-state index in [4.69, 9.17) is 0 Å². The molecule has 0 aliphatic carbocycles. The van der Waals surface area contributed by atoms with Crippen LogP contribution in [-0.4, -0.2) is 33.1 Å². The van der Waals surface area contributed by atoms with Gasteiger partial charge in [0.25, 0.3) is 0 Å². The van der Waals surface area contributed by atoms with Gasteiger partial charge in [0.2, 0.25) is 0 Å². The minimum Gasteiger partial charge on any atom is -0.507 e. The summed E-state index contributed by atoms with van der Waals surface area (Å²) in [6.07, 6.45) is 10.8. The minimum absolute atomic E-state index is 0.273. The van der Waals surface area contributed by atoms with Crippen LogP contribution in [0.5, 0.6) is 11.5 Å². The Bertz CT molecular complexity index is 1060. The van der Waals surface area contributed by atoms with E-state index in [1.54, 1.807) is 12.1 Å². The molecule has 0 amide bonds. The van der Waals surface area contributed by atoms with Crippen LogP contribution in [0.15, 0.2) is 56.8 Å². The van der Waals surface area contributed by atoms with Crippen LogP contribution in [0.3, 0.4) is 0 Å². The second-order valence-electron chi connectivity index (χ2n) is 10.6. The molecule has 0 atom stereocenters. The molecule has 2 rings (SSSR count). The molecule has 0 fully saturated rings. The Labute approximate surface area is 229 Å². The molecule has 6 heteroatoms. The van der Waals surface area contributed by atoms with E-state index in [1.165, 1.54) is 25.7 Å². The first-order valence-electron chi connectivity index (χ1n) is 13.9. The van der Waals surface area contributed by atoms with Crippen molar-refractivity contribution in [1.29, 1.82) is 0 Å². The summed E-state index contributed by atoms with van der Waals surface area (Å²) in [5.74, 6) is 0.547. The molecule has 0 spiro atoms. The SMILES string of the molecule is CC(C)=N/N=C(/CCCCCCCCCC/C(=N/N=C(C)C)c1ccc(C)cc1O)c1ccc(C)cc1O. The second-order valence-corrected chi connectivity index (χ2v) is 10.6. The van der Waals surface area contributed by atoms with E-state index >= 15 is 0 Å². The van der Waals surface area contributed by atoms with Crippen molar-refractivity contribution in [2.24, 2.45) is 20.4 Å². The third kappa shape index (κ3) is 11.4. The number of nitrogens with zero attached hydrogens (tertiary/aromatic N) is 4. The van der Waals surface area contributed by atoms with Crippen molar-refractivity contribution in [3.8, 4) is 11.5 Å². The highest BCUT2D eigenvalue weighted by atomic mass is 16.3. The predicted octanol–water partition coefficient (Wildman–Crippen LogP) is 8.69. The summed E-state index contributed by atoms with van der Waals surface area (Å²) in [5, 5.41) is 38.1. The minimum atomic E-state index is 0.273. The fraction of sp³-hybridized carbons (Fsp3) is 0.500. The summed E-state index contributed by atoms with van der Waals surface area (Å²) in [7, 11) is 0. The Balaban J connectivity index is 1.74. The molecule has 206 valence electrons. The molecule has 2 aromatic rings. The third-order valence-electron chi connectivity index (χ3n) is 6.25. The average Bonchev–Trinajstić information content (AvgIpc) is 2.84. The molecule has 0 unspecified atom stereocenters. The fourth-order valence-corrected chi connectivity index (χ4v) is 4.21. The average molecular weight is 519 g/mol. The van der Waals surface area contributed by atoms with Crippen LogP contribution < -0.4 is 0 Å². The maximum absolute atomic E-state index is 10.4. The van der Waals surface area contributed by atoms with E-state index in [0.717, 1.165) is 83.6 Å². The molecule has 0 heterocycles. The zero-order valence-corrected chi connectivity index (χ0v) is 24.2. The number of unbranched alkanes of at least 4 members (excludes halogenated alkanes) is 7. The Morgan fingerprint density at radius 2 is 0.868 bits per heavy atom. The van der Waals surface area contributed by atoms with Crippen molar-refractivity contribution in [3.63, 3.8) is 0 Å². The topological polar surface area (TPSA) is 89.9 Å². The van der Waals surface area contributed by atoms with E-state index in [0.29, 0.717) is 0 Å². The number of aryl methyl sites for hydroxylation is 2. The number of phenols is 2. The number of benzene rings is 2. The highest BCUT2D eigenvalue weighted by Gasteiger charge is 2.11. The highest BCUT2D eigenvalue weighted by Crippen LogP contribution is 2.24. The molecule has 0 aliphatic rings. The van der Waals surface area contributed by atoms with Crippen LogP contribution in [-0.2, 0) is 0 Å². The lowest BCUT2D eigenvalue weighted by Crippen LogP contribution is -2.02. The lowest BCUT2D eigenvalue weighted by molar-refractivity contribution is 0.472. The number of rotatable bonds is 15. The summed E-state index contributed by atoms with van der Waals surface area (Å²) >= 11 is 0. The molecule has 0 bridgehead atoms. The van der Waals surface area contributed by atoms with Crippen molar-refractivity contribution in [2.45, 2.75) is 106 Å². The fourth-order valence-electron chi connectivity index (χ4n) is 4.21. The van der Waals surface area contributed by atoms with E-state index in [9.17, 15) is 10.2 Å². The summed E-state index contributed by atoms with van der Waals surface area (Å²) in [5.41, 5.74) is 7.12. The van der Waals surface area contributed by atoms with Gasteiger partial charge in [0.1, 0.15) is 11.5 Å². The Morgan fingerprint density at radius 1 is 0.526 bits per heavy atom. The molecule has 2 aromatic carbocycles. The van der Waals surface area contributed by atoms with Gasteiger partial charge in [-0.25, -0.2) is 0 Å². The van der Waals surface area contributed by atoms with Crippen molar-refractivity contribution in [1.82, 2.24) is 0 Å². The molecular formula is C32H46N4O2. The molecule has 38 heavy (non-hydrogen) atoms. The maximum Gasteiger partial charge on any atom is 0.124 e. The van der Waals surface area contributed by atoms with Gasteiger partial charge in [0.15, 0.2) is 0 Å². The zero-order valence-electron chi connectivity index (χ0n) is 24.2. The van der Waals surface area contributed by atoms with Crippen LogP contribution in [0.4, 0.5) is 0 Å². The Hall–Kier alpha value is -3.28. The normalized spacial score (nSPS) is 11.9. The lowest BCUT2D eigenvalue weighted by atomic mass is 9.99. The molecule has 2 N–H and O–H groups in total. The predicted molar refractivity (Wildman–Crippen MR) is 162 cm³/mol. The Morgan fingerprint density at radius 3 is 1.18 bits per heavy atom. The Kier molecular flexibility index (Phi) is 13.5. The number of aromatic hydroxyl groups is 2. The lowest BCUT2D eigenvalue weighted by Gasteiger charge is -2.09. The van der Waals surface area contributed by atoms with Crippen LogP contribution in [0.25, 0.3) is 0 Å². The van der Waals surface area contributed by atoms with Crippen molar-refractivity contribution >= 4 is 22.8 Å². The van der Waals surface area contributed by atoms with Gasteiger partial charge in [0.05, 0.1) is 11.4 Å². The van der Waals surface area contributed by atoms with Gasteiger partial charge in [-0.15, -0.1) is 0 Å². The molecular weight excluding hydrogens is 472 g/mol. The van der Waals surface area contributed by atoms with Crippen LogP contribution in [0, 0.1) is 13.8 Å². The summed E-state index contributed by atoms with van der Waals surface area (Å²) in [4.78, 5) is 0. The molecule has 0 aliphatic heterocycles. The van der Waals surface area contributed by atoms with E-state index in [1.807, 2.05) is 65.8 Å². The van der Waals surface area contributed by atoms with Crippen LogP contribution in [0.2, 0.25) is 0 Å². The number of phenolic OH excluding ortho intramolecular Hbond substituents is 2. The highest BCUT2D eigenvalue weighted by molar-refractivity contribution is 6.03. The molecule has 6 nitrogen and oxygen atoms in total. The van der Waals surface area contributed by atoms with Crippen molar-refractivity contribution in [2.75, 3.05) is 0 Å². The van der Waals surface area contributed by atoms with Crippen molar-refractivity contribution in [3.05, 3.63) is 58.7 Å². The summed E-state index contributed by atoms with van der Waals surface area (Å²) < 4.78 is 0. The first kappa shape index (κ1) is 30.9. The first-order chi connectivity index (χ1) is 18.2. The summed E-state index contributed by atoms with van der Waals surface area (Å²) in [6, 6.07) is 11.5. The van der Waals surface area contributed by atoms with Gasteiger partial charge < -0.3 is 10.2 Å². The molecule has 0 radical (unpaired) electrons. The molecule has 0 saturated heterocycles. The van der Waals surface area contributed by atoms with E-state index < -0.39 is 0 Å². The third-order valence-corrected chi connectivity index (χ3v) is 6.25. The number of hydrogen-bond acceptors (Lipinski definition) is 6. The van der Waals surface area contributed by atoms with Crippen LogP contribution >= 0.6 is 0 Å². The summed E-state index contributed by atoms with van der Waals surface area (Å²) in [6.45, 7) is 11.6. The first-order valence-corrected chi connectivity index (χ1v) is 13.9. The maximum atomic E-state index is 10.4. The van der Waals surface area contributed by atoms with E-state index in [2.05, 4.69) is 20.4 Å². The zero-order chi connectivity index (χ0) is 27.9. The molecule has 0 aromatic heterocycles. The second kappa shape index (κ2) is 16.5. The number of hydrogen-bond donors (Lipinski definition) is 2. The van der Waals surface area contributed by atoms with Gasteiger partial charge in [-0.3, -0.25) is 0 Å².